The van der Waals surface area contributed by atoms with E-state index in [9.17, 15) is 8.42 Å². The number of hydrogen-bond donors (Lipinski definition) is 1. The molecule has 5 heteroatoms. The molecule has 1 heterocycles. The molecule has 1 fully saturated rings. The minimum absolute atomic E-state index is 0.298. The van der Waals surface area contributed by atoms with E-state index in [0.717, 1.165) is 17.1 Å². The Hall–Kier alpha value is -0.580. The third-order valence-corrected chi connectivity index (χ3v) is 4.95. The number of benzene rings is 1. The van der Waals surface area contributed by atoms with Crippen molar-refractivity contribution in [2.45, 2.75) is 6.54 Å². The van der Waals surface area contributed by atoms with E-state index in [2.05, 4.69) is 0 Å². The van der Waals surface area contributed by atoms with Gasteiger partial charge in [0.25, 0.3) is 0 Å². The highest BCUT2D eigenvalue weighted by Gasteiger charge is 2.24. The third-order valence-electron chi connectivity index (χ3n) is 2.93. The van der Waals surface area contributed by atoms with Crippen LogP contribution in [-0.4, -0.2) is 33.0 Å². The molecule has 0 saturated carbocycles. The van der Waals surface area contributed by atoms with E-state index in [4.69, 9.17) is 11.6 Å². The predicted octanol–water partition coefficient (Wildman–Crippen LogP) is 0.153. The Bertz CT molecular complexity index is 459. The quantitative estimate of drug-likeness (QED) is 0.823. The Morgan fingerprint density at radius 2 is 1.81 bits per heavy atom. The van der Waals surface area contributed by atoms with Gasteiger partial charge in [0, 0.05) is 10.6 Å². The highest BCUT2D eigenvalue weighted by atomic mass is 35.5. The summed E-state index contributed by atoms with van der Waals surface area (Å²) >= 11 is 6.07. The number of quaternary nitrogens is 1. The van der Waals surface area contributed by atoms with Crippen LogP contribution < -0.4 is 4.90 Å². The Morgan fingerprint density at radius 3 is 2.44 bits per heavy atom. The summed E-state index contributed by atoms with van der Waals surface area (Å²) in [7, 11) is -2.77. The van der Waals surface area contributed by atoms with Crippen LogP contribution in [0.4, 0.5) is 0 Å². The van der Waals surface area contributed by atoms with Crippen LogP contribution in [0.5, 0.6) is 0 Å². The normalized spacial score (nSPS) is 20.8. The van der Waals surface area contributed by atoms with Crippen molar-refractivity contribution < 1.29 is 13.3 Å². The molecule has 1 aromatic rings. The first-order valence-corrected chi connectivity index (χ1v) is 7.54. The van der Waals surface area contributed by atoms with Crippen molar-refractivity contribution in [2.24, 2.45) is 0 Å². The second-order valence-electron chi connectivity index (χ2n) is 4.17. The van der Waals surface area contributed by atoms with E-state index in [1.165, 1.54) is 4.90 Å². The average Bonchev–Trinajstić information content (AvgIpc) is 2.24. The fourth-order valence-electron chi connectivity index (χ4n) is 1.91. The molecule has 0 aliphatic carbocycles. The Labute approximate surface area is 101 Å². The molecule has 1 N–H and O–H groups in total. The molecule has 0 bridgehead atoms. The molecule has 0 amide bonds. The summed E-state index contributed by atoms with van der Waals surface area (Å²) in [5, 5.41) is 0.767. The zero-order valence-electron chi connectivity index (χ0n) is 8.95. The molecule has 0 atom stereocenters. The largest absolute Gasteiger partial charge is 0.329 e. The molecular weight excluding hydrogens is 246 g/mol. The van der Waals surface area contributed by atoms with Crippen molar-refractivity contribution in [3.05, 3.63) is 34.9 Å². The summed E-state index contributed by atoms with van der Waals surface area (Å²) < 4.78 is 22.6. The first-order chi connectivity index (χ1) is 7.57. The molecule has 88 valence electrons. The molecule has 1 aromatic carbocycles. The van der Waals surface area contributed by atoms with E-state index in [-0.39, 0.29) is 0 Å². The second-order valence-corrected chi connectivity index (χ2v) is 6.88. The second kappa shape index (κ2) is 4.73. The summed E-state index contributed by atoms with van der Waals surface area (Å²) in [5.41, 5.74) is 1.10. The van der Waals surface area contributed by atoms with Gasteiger partial charge in [0.05, 0.1) is 24.6 Å². The van der Waals surface area contributed by atoms with Crippen molar-refractivity contribution in [1.82, 2.24) is 0 Å². The first-order valence-electron chi connectivity index (χ1n) is 5.34. The van der Waals surface area contributed by atoms with Gasteiger partial charge in [-0.1, -0.05) is 29.8 Å². The minimum atomic E-state index is -2.77. The van der Waals surface area contributed by atoms with Crippen molar-refractivity contribution in [3.63, 3.8) is 0 Å². The van der Waals surface area contributed by atoms with Gasteiger partial charge in [-0.25, -0.2) is 8.42 Å². The van der Waals surface area contributed by atoms with Gasteiger partial charge in [0.1, 0.15) is 6.54 Å². The molecule has 3 nitrogen and oxygen atoms in total. The maximum atomic E-state index is 11.3. The summed E-state index contributed by atoms with van der Waals surface area (Å²) in [6.07, 6.45) is 0. The maximum Gasteiger partial charge on any atom is 0.161 e. The van der Waals surface area contributed by atoms with Crippen LogP contribution in [-0.2, 0) is 16.4 Å². The zero-order chi connectivity index (χ0) is 11.6. The summed E-state index contributed by atoms with van der Waals surface area (Å²) in [4.78, 5) is 1.29. The van der Waals surface area contributed by atoms with E-state index < -0.39 is 9.84 Å². The molecule has 1 aliphatic rings. The van der Waals surface area contributed by atoms with Crippen LogP contribution in [0.2, 0.25) is 5.02 Å². The summed E-state index contributed by atoms with van der Waals surface area (Å²) in [5.74, 6) is 0.597. The summed E-state index contributed by atoms with van der Waals surface area (Å²) in [6.45, 7) is 2.19. The monoisotopic (exact) mass is 260 g/mol. The number of hydrogen-bond acceptors (Lipinski definition) is 2. The Balaban J connectivity index is 2.00. The van der Waals surface area contributed by atoms with Gasteiger partial charge in [-0.2, -0.15) is 0 Å². The number of nitrogens with one attached hydrogen (secondary N) is 1. The standard InChI is InChI=1S/C11H14ClNO2S/c12-11-4-2-1-3-10(11)9-13-5-7-16(14,15)8-6-13/h1-4H,5-9H2/p+1. The van der Waals surface area contributed by atoms with Gasteiger partial charge >= 0.3 is 0 Å². The number of halogens is 1. The van der Waals surface area contributed by atoms with Crippen LogP contribution in [0, 0.1) is 0 Å². The number of rotatable bonds is 2. The number of sulfone groups is 1. The lowest BCUT2D eigenvalue weighted by Crippen LogP contribution is -3.13. The molecular formula is C11H15ClNO2S+. The van der Waals surface area contributed by atoms with Gasteiger partial charge in [-0.15, -0.1) is 0 Å². The fourth-order valence-corrected chi connectivity index (χ4v) is 3.52. The minimum Gasteiger partial charge on any atom is -0.329 e. The molecule has 16 heavy (non-hydrogen) atoms. The van der Waals surface area contributed by atoms with Crippen LogP contribution >= 0.6 is 11.6 Å². The van der Waals surface area contributed by atoms with Crippen LogP contribution in [0.1, 0.15) is 5.56 Å². The smallest absolute Gasteiger partial charge is 0.161 e. The molecule has 1 saturated heterocycles. The van der Waals surface area contributed by atoms with Crippen molar-refractivity contribution >= 4 is 21.4 Å². The van der Waals surface area contributed by atoms with E-state index in [0.29, 0.717) is 24.6 Å². The Morgan fingerprint density at radius 1 is 1.19 bits per heavy atom. The van der Waals surface area contributed by atoms with E-state index >= 15 is 0 Å². The van der Waals surface area contributed by atoms with Crippen molar-refractivity contribution in [3.8, 4) is 0 Å². The lowest BCUT2D eigenvalue weighted by Gasteiger charge is -2.23. The van der Waals surface area contributed by atoms with Crippen LogP contribution in [0.25, 0.3) is 0 Å². The molecule has 0 unspecified atom stereocenters. The van der Waals surface area contributed by atoms with Crippen LogP contribution in [0.3, 0.4) is 0 Å². The lowest BCUT2D eigenvalue weighted by atomic mass is 10.2. The highest BCUT2D eigenvalue weighted by Crippen LogP contribution is 2.13. The Kier molecular flexibility index (Phi) is 3.52. The van der Waals surface area contributed by atoms with E-state index in [1.807, 2.05) is 24.3 Å². The molecule has 0 aromatic heterocycles. The lowest BCUT2D eigenvalue weighted by molar-refractivity contribution is -0.910. The molecule has 1 aliphatic heterocycles. The summed E-state index contributed by atoms with van der Waals surface area (Å²) in [6, 6.07) is 7.73. The molecule has 2 rings (SSSR count). The zero-order valence-corrected chi connectivity index (χ0v) is 10.5. The topological polar surface area (TPSA) is 38.6 Å². The van der Waals surface area contributed by atoms with Crippen molar-refractivity contribution in [2.75, 3.05) is 24.6 Å². The van der Waals surface area contributed by atoms with Gasteiger partial charge in [0.2, 0.25) is 0 Å². The fraction of sp³-hybridized carbons (Fsp3) is 0.455. The van der Waals surface area contributed by atoms with Crippen molar-refractivity contribution in [1.29, 1.82) is 0 Å². The van der Waals surface area contributed by atoms with Gasteiger partial charge in [0.15, 0.2) is 9.84 Å². The first kappa shape index (κ1) is 11.9. The van der Waals surface area contributed by atoms with Gasteiger partial charge in [-0.3, -0.25) is 0 Å². The molecule has 0 radical (unpaired) electrons. The predicted molar refractivity (Wildman–Crippen MR) is 64.5 cm³/mol. The SMILES string of the molecule is O=S1(=O)CC[NH+](Cc2ccccc2Cl)CC1. The maximum absolute atomic E-state index is 11.3. The van der Waals surface area contributed by atoms with E-state index in [1.54, 1.807) is 0 Å². The average molecular weight is 261 g/mol. The van der Waals surface area contributed by atoms with Gasteiger partial charge in [-0.05, 0) is 6.07 Å². The highest BCUT2D eigenvalue weighted by molar-refractivity contribution is 7.91. The van der Waals surface area contributed by atoms with Gasteiger partial charge < -0.3 is 4.90 Å². The molecule has 0 spiro atoms. The third kappa shape index (κ3) is 2.97. The van der Waals surface area contributed by atoms with Crippen LogP contribution in [0.15, 0.2) is 24.3 Å².